The van der Waals surface area contributed by atoms with E-state index in [1.807, 2.05) is 12.1 Å². The average Bonchev–Trinajstić information content (AvgIpc) is 2.93. The van der Waals surface area contributed by atoms with Crippen LogP contribution in [0.5, 0.6) is 5.88 Å². The van der Waals surface area contributed by atoms with Gasteiger partial charge in [0.1, 0.15) is 0 Å². The van der Waals surface area contributed by atoms with E-state index in [-0.39, 0.29) is 24.0 Å². The Hall–Kier alpha value is -1.35. The Morgan fingerprint density at radius 1 is 1.27 bits per heavy atom. The van der Waals surface area contributed by atoms with Gasteiger partial charge in [0.2, 0.25) is 5.88 Å². The normalized spacial score (nSPS) is 10.8. The molecule has 2 aromatic rings. The Morgan fingerprint density at radius 2 is 2.05 bits per heavy atom. The molecule has 0 saturated carbocycles. The van der Waals surface area contributed by atoms with Crippen molar-refractivity contribution in [2.75, 3.05) is 14.2 Å². The monoisotopic (exact) mass is 432 g/mol. The van der Waals surface area contributed by atoms with Crippen molar-refractivity contribution in [3.8, 4) is 5.88 Å². The summed E-state index contributed by atoms with van der Waals surface area (Å²) in [7, 11) is 3.38. The van der Waals surface area contributed by atoms with Crippen LogP contribution in [0, 0.1) is 6.92 Å². The van der Waals surface area contributed by atoms with Gasteiger partial charge in [-0.05, 0) is 25.1 Å². The number of guanidine groups is 1. The van der Waals surface area contributed by atoms with Crippen molar-refractivity contribution in [1.29, 1.82) is 0 Å². The zero-order valence-corrected chi connectivity index (χ0v) is 16.1. The predicted molar refractivity (Wildman–Crippen MR) is 102 cm³/mol. The molecule has 0 bridgehead atoms. The molecule has 0 atom stereocenters. The second-order valence-electron chi connectivity index (χ2n) is 4.46. The van der Waals surface area contributed by atoms with E-state index >= 15 is 0 Å². The lowest BCUT2D eigenvalue weighted by molar-refractivity contribution is 0.392. The van der Waals surface area contributed by atoms with E-state index in [1.54, 1.807) is 31.7 Å². The van der Waals surface area contributed by atoms with Crippen molar-refractivity contribution in [2.24, 2.45) is 4.99 Å². The minimum atomic E-state index is 0. The maximum atomic E-state index is 5.23. The van der Waals surface area contributed by atoms with E-state index in [1.165, 1.54) is 9.75 Å². The number of nitrogens with one attached hydrogen (secondary N) is 2. The fourth-order valence-corrected chi connectivity index (χ4v) is 2.72. The van der Waals surface area contributed by atoms with Crippen molar-refractivity contribution < 1.29 is 4.74 Å². The van der Waals surface area contributed by atoms with Crippen molar-refractivity contribution in [3.05, 3.63) is 45.8 Å². The number of methoxy groups -OCH3 is 1. The van der Waals surface area contributed by atoms with Crippen LogP contribution in [0.25, 0.3) is 0 Å². The van der Waals surface area contributed by atoms with Crippen molar-refractivity contribution in [2.45, 2.75) is 20.0 Å². The van der Waals surface area contributed by atoms with Gasteiger partial charge < -0.3 is 15.4 Å². The number of pyridine rings is 1. The number of thiophene rings is 1. The van der Waals surface area contributed by atoms with Crippen LogP contribution in [0.4, 0.5) is 0 Å². The van der Waals surface area contributed by atoms with Gasteiger partial charge in [0.25, 0.3) is 0 Å². The molecule has 0 aliphatic carbocycles. The SMILES string of the molecule is CN=C(NCc1ccc(C)s1)NCc1cccnc1OC.I. The maximum Gasteiger partial charge on any atom is 0.218 e. The van der Waals surface area contributed by atoms with Crippen LogP contribution < -0.4 is 15.4 Å². The fourth-order valence-electron chi connectivity index (χ4n) is 1.89. The predicted octanol–water partition coefficient (Wildman–Crippen LogP) is 2.94. The Labute approximate surface area is 152 Å². The largest absolute Gasteiger partial charge is 0.481 e. The molecule has 0 aromatic carbocycles. The van der Waals surface area contributed by atoms with E-state index in [0.29, 0.717) is 12.4 Å². The lowest BCUT2D eigenvalue weighted by Crippen LogP contribution is -2.36. The Bertz CT molecular complexity index is 615. The Balaban J connectivity index is 0.00000242. The molecule has 0 fully saturated rings. The average molecular weight is 432 g/mol. The molecule has 0 unspecified atom stereocenters. The number of ether oxygens (including phenoxy) is 1. The van der Waals surface area contributed by atoms with Gasteiger partial charge in [0.15, 0.2) is 5.96 Å². The molecule has 2 heterocycles. The molecular weight excluding hydrogens is 411 g/mol. The van der Waals surface area contributed by atoms with Gasteiger partial charge in [-0.25, -0.2) is 4.98 Å². The maximum absolute atomic E-state index is 5.23. The first kappa shape index (κ1) is 18.7. The summed E-state index contributed by atoms with van der Waals surface area (Å²) in [5.74, 6) is 1.39. The topological polar surface area (TPSA) is 58.5 Å². The number of hydrogen-bond acceptors (Lipinski definition) is 4. The van der Waals surface area contributed by atoms with E-state index in [9.17, 15) is 0 Å². The molecule has 0 aliphatic rings. The summed E-state index contributed by atoms with van der Waals surface area (Å²) >= 11 is 1.79. The molecule has 0 aliphatic heterocycles. The first-order chi connectivity index (χ1) is 10.2. The number of aryl methyl sites for hydroxylation is 1. The summed E-state index contributed by atoms with van der Waals surface area (Å²) < 4.78 is 5.23. The molecular formula is C15H21IN4OS. The quantitative estimate of drug-likeness (QED) is 0.434. The van der Waals surface area contributed by atoms with Gasteiger partial charge >= 0.3 is 0 Å². The van der Waals surface area contributed by atoms with Crippen LogP contribution in [0.3, 0.4) is 0 Å². The summed E-state index contributed by atoms with van der Waals surface area (Å²) in [6.45, 7) is 3.48. The highest BCUT2D eigenvalue weighted by Gasteiger charge is 2.05. The number of rotatable bonds is 5. The number of nitrogens with zero attached hydrogens (tertiary/aromatic N) is 2. The highest BCUT2D eigenvalue weighted by molar-refractivity contribution is 14.0. The summed E-state index contributed by atoms with van der Waals surface area (Å²) in [4.78, 5) is 11.0. The van der Waals surface area contributed by atoms with Gasteiger partial charge in [-0.15, -0.1) is 35.3 Å². The molecule has 22 heavy (non-hydrogen) atoms. The molecule has 2 aromatic heterocycles. The third-order valence-corrected chi connectivity index (χ3v) is 3.94. The van der Waals surface area contributed by atoms with E-state index in [2.05, 4.69) is 39.7 Å². The van der Waals surface area contributed by atoms with Gasteiger partial charge in [0, 0.05) is 35.1 Å². The Morgan fingerprint density at radius 3 is 2.68 bits per heavy atom. The first-order valence-corrected chi connectivity index (χ1v) is 7.52. The zero-order chi connectivity index (χ0) is 15.1. The molecule has 0 amide bonds. The zero-order valence-electron chi connectivity index (χ0n) is 12.9. The third-order valence-electron chi connectivity index (χ3n) is 2.94. The number of halogens is 1. The molecule has 120 valence electrons. The second-order valence-corrected chi connectivity index (χ2v) is 5.84. The van der Waals surface area contributed by atoms with Crippen LogP contribution in [-0.4, -0.2) is 25.1 Å². The highest BCUT2D eigenvalue weighted by Crippen LogP contribution is 2.14. The van der Waals surface area contributed by atoms with Crippen LogP contribution >= 0.6 is 35.3 Å². The van der Waals surface area contributed by atoms with E-state index < -0.39 is 0 Å². The van der Waals surface area contributed by atoms with Crippen LogP contribution in [0.1, 0.15) is 15.3 Å². The third kappa shape index (κ3) is 5.45. The summed E-state index contributed by atoms with van der Waals surface area (Å²) in [5.41, 5.74) is 0.995. The fraction of sp³-hybridized carbons (Fsp3) is 0.333. The second kappa shape index (κ2) is 9.62. The number of aliphatic imine (C=N–C) groups is 1. The van der Waals surface area contributed by atoms with Crippen molar-refractivity contribution in [3.63, 3.8) is 0 Å². The summed E-state index contributed by atoms with van der Waals surface area (Å²) in [5, 5.41) is 6.56. The van der Waals surface area contributed by atoms with Crippen LogP contribution in [0.15, 0.2) is 35.5 Å². The molecule has 2 N–H and O–H groups in total. The van der Waals surface area contributed by atoms with E-state index in [4.69, 9.17) is 4.74 Å². The smallest absolute Gasteiger partial charge is 0.218 e. The van der Waals surface area contributed by atoms with Gasteiger partial charge in [-0.2, -0.15) is 0 Å². The lowest BCUT2D eigenvalue weighted by atomic mass is 10.2. The van der Waals surface area contributed by atoms with Gasteiger partial charge in [0.05, 0.1) is 13.7 Å². The van der Waals surface area contributed by atoms with Gasteiger partial charge in [-0.3, -0.25) is 4.99 Å². The lowest BCUT2D eigenvalue weighted by Gasteiger charge is -2.12. The number of hydrogen-bond donors (Lipinski definition) is 2. The Kier molecular flexibility index (Phi) is 8.18. The molecule has 2 rings (SSSR count). The van der Waals surface area contributed by atoms with E-state index in [0.717, 1.165) is 18.1 Å². The van der Waals surface area contributed by atoms with Gasteiger partial charge in [-0.1, -0.05) is 6.07 Å². The minimum absolute atomic E-state index is 0. The molecule has 7 heteroatoms. The van der Waals surface area contributed by atoms with Crippen LogP contribution in [-0.2, 0) is 13.1 Å². The highest BCUT2D eigenvalue weighted by atomic mass is 127. The van der Waals surface area contributed by atoms with Crippen LogP contribution in [0.2, 0.25) is 0 Å². The van der Waals surface area contributed by atoms with Crippen molar-refractivity contribution in [1.82, 2.24) is 15.6 Å². The molecule has 0 saturated heterocycles. The molecule has 0 spiro atoms. The molecule has 0 radical (unpaired) electrons. The summed E-state index contributed by atoms with van der Waals surface area (Å²) in [6, 6.07) is 8.13. The standard InChI is InChI=1S/C15H20N4OS.HI/c1-11-6-7-13(21-11)10-19-15(16-2)18-9-12-5-4-8-17-14(12)20-3;/h4-8H,9-10H2,1-3H3,(H2,16,18,19);1H. The number of aromatic nitrogens is 1. The van der Waals surface area contributed by atoms with Crippen molar-refractivity contribution >= 4 is 41.3 Å². The first-order valence-electron chi connectivity index (χ1n) is 6.70. The molecule has 5 nitrogen and oxygen atoms in total. The summed E-state index contributed by atoms with van der Waals surface area (Å²) in [6.07, 6.45) is 1.72. The minimum Gasteiger partial charge on any atom is -0.481 e.